The maximum atomic E-state index is 14.9. The molecule has 27 nitrogen and oxygen atoms in total. The summed E-state index contributed by atoms with van der Waals surface area (Å²) in [6, 6.07) is -12.8. The lowest BCUT2D eigenvalue weighted by molar-refractivity contribution is -0.155. The Morgan fingerprint density at radius 1 is 0.435 bits per heavy atom. The molecule has 11 amide bonds. The Hall–Kier alpha value is -6.74. The van der Waals surface area contributed by atoms with E-state index >= 15 is 0 Å². The highest BCUT2D eigenvalue weighted by Gasteiger charge is 2.45. The van der Waals surface area contributed by atoms with E-state index in [2.05, 4.69) is 31.9 Å². The molecule has 0 aliphatic heterocycles. The Morgan fingerprint density at radius 2 is 0.826 bits per heavy atom. The van der Waals surface area contributed by atoms with Gasteiger partial charge in [0.2, 0.25) is 65.0 Å². The SMILES string of the molecule is CC=CC[C@@H](C)[C@@H](O)[C@@H](C(=O)N[C@H](C(=O)N(C)CC(=O)O)[C@@H](C)O)N(C)C(=O)[C@H](C(C)C)N(C)C(=O)[C@H](CC(C)C)NC(=O)[C@H](CC(C)C)N(C)C(=O)[C@@H](C)NC(=O)[C@H](C)NC(=O)[C@H](CC(C)C)N(C)C(=O)[C@H](CC(C)C)NC(=O)[C@H](CC(C)C)N(C)C(=O)CNC. The van der Waals surface area contributed by atoms with E-state index in [4.69, 9.17) is 0 Å². The third-order valence-electron chi connectivity index (χ3n) is 16.1. The second kappa shape index (κ2) is 40.4. The van der Waals surface area contributed by atoms with Crippen LogP contribution in [-0.4, -0.2) is 251 Å². The van der Waals surface area contributed by atoms with E-state index in [1.165, 1.54) is 77.8 Å². The van der Waals surface area contributed by atoms with Crippen LogP contribution in [0.4, 0.5) is 0 Å². The van der Waals surface area contributed by atoms with Gasteiger partial charge in [0, 0.05) is 42.3 Å². The van der Waals surface area contributed by atoms with Crippen molar-refractivity contribution in [2.45, 2.75) is 229 Å². The van der Waals surface area contributed by atoms with E-state index in [1.54, 1.807) is 46.9 Å². The van der Waals surface area contributed by atoms with Crippen molar-refractivity contribution in [2.24, 2.45) is 41.4 Å². The van der Waals surface area contributed by atoms with Gasteiger partial charge in [-0.25, -0.2) is 0 Å². The van der Waals surface area contributed by atoms with Gasteiger partial charge in [-0.2, -0.15) is 0 Å². The summed E-state index contributed by atoms with van der Waals surface area (Å²) < 4.78 is 0. The number of nitrogens with zero attached hydrogens (tertiary/aromatic N) is 6. The van der Waals surface area contributed by atoms with Crippen LogP contribution >= 0.6 is 0 Å². The Labute approximate surface area is 548 Å². The highest BCUT2D eigenvalue weighted by molar-refractivity contribution is 5.99. The second-order valence-electron chi connectivity index (χ2n) is 27.3. The monoisotopic (exact) mass is 1310 g/mol. The average Bonchev–Trinajstić information content (AvgIpc) is 0.890. The number of carbonyl (C=O) groups is 12. The van der Waals surface area contributed by atoms with Gasteiger partial charge in [-0.15, -0.1) is 0 Å². The molecule has 0 aromatic heterocycles. The Bertz CT molecular complexity index is 2490. The molecule has 9 N–H and O–H groups in total. The van der Waals surface area contributed by atoms with Crippen molar-refractivity contribution in [3.63, 3.8) is 0 Å². The molecule has 0 fully saturated rings. The fourth-order valence-electron chi connectivity index (χ4n) is 10.8. The number of aliphatic hydroxyl groups excluding tert-OH is 2. The van der Waals surface area contributed by atoms with Crippen molar-refractivity contribution < 1.29 is 72.9 Å². The molecule has 0 aromatic rings. The number of carbonyl (C=O) groups excluding carboxylic acids is 11. The summed E-state index contributed by atoms with van der Waals surface area (Å²) in [5.74, 6) is -11.0. The number of likely N-dealkylation sites (N-methyl/N-ethyl adjacent to an activating group) is 7. The second-order valence-corrected chi connectivity index (χ2v) is 27.3. The zero-order chi connectivity index (χ0) is 71.7. The standard InChI is InChI=1S/C65H118N12O15/c1-25-26-27-41(14)55(82)54(60(87)71-52(44(17)78)64(91)72(19)34-51(80)81)77(24)65(92)53(40(12)13)76(23)63(90)46(29-36(4)5)70-59(86)49(32-39(10)11)74(21)61(88)43(16)68-56(83)42(15)67-57(84)48(31-38(8)9)75(22)62(89)45(28-35(2)3)69-58(85)47(30-37(6)7)73(20)50(79)33-66-18/h25-26,35-49,52-55,66,78,82H,27-34H2,1-24H3,(H,67,84)(H,68,83)(H,69,85)(H,70,86)(H,71,87)(H,80,81)/t41-,42+,43-,44-,45+,46+,47+,48+,49+,52+,53+,54+,55-/m1/s1. The van der Waals surface area contributed by atoms with E-state index in [1.807, 2.05) is 69.2 Å². The predicted octanol–water partition coefficient (Wildman–Crippen LogP) is 1.58. The van der Waals surface area contributed by atoms with Crippen molar-refractivity contribution in [3.8, 4) is 0 Å². The van der Waals surface area contributed by atoms with Crippen LogP contribution in [0.1, 0.15) is 156 Å². The maximum Gasteiger partial charge on any atom is 0.323 e. The molecule has 27 heteroatoms. The van der Waals surface area contributed by atoms with E-state index in [0.29, 0.717) is 6.42 Å². The van der Waals surface area contributed by atoms with Gasteiger partial charge in [-0.3, -0.25) is 57.5 Å². The van der Waals surface area contributed by atoms with Gasteiger partial charge >= 0.3 is 5.97 Å². The molecule has 528 valence electrons. The highest BCUT2D eigenvalue weighted by Crippen LogP contribution is 2.24. The average molecular weight is 1310 g/mol. The number of rotatable bonds is 40. The molecule has 0 heterocycles. The minimum Gasteiger partial charge on any atom is -0.480 e. The predicted molar refractivity (Wildman–Crippen MR) is 351 cm³/mol. The smallest absolute Gasteiger partial charge is 0.323 e. The van der Waals surface area contributed by atoms with Crippen molar-refractivity contribution in [1.82, 2.24) is 61.3 Å². The van der Waals surface area contributed by atoms with Gasteiger partial charge < -0.3 is 76.6 Å². The molecular weight excluding hydrogens is 1190 g/mol. The van der Waals surface area contributed by atoms with Gasteiger partial charge in [0.05, 0.1) is 18.8 Å². The third-order valence-corrected chi connectivity index (χ3v) is 16.1. The van der Waals surface area contributed by atoms with E-state index in [-0.39, 0.29) is 74.1 Å². The van der Waals surface area contributed by atoms with Crippen molar-refractivity contribution in [2.75, 3.05) is 62.4 Å². The number of carboxylic acids is 1. The molecule has 0 bridgehead atoms. The zero-order valence-corrected chi connectivity index (χ0v) is 59.7. The number of aliphatic hydroxyl groups is 2. The van der Waals surface area contributed by atoms with E-state index < -0.39 is 156 Å². The summed E-state index contributed by atoms with van der Waals surface area (Å²) in [5.41, 5.74) is 0. The third kappa shape index (κ3) is 27.1. The molecular formula is C65H118N12O15. The summed E-state index contributed by atoms with van der Waals surface area (Å²) in [5, 5.41) is 48.1. The highest BCUT2D eigenvalue weighted by atomic mass is 16.4. The zero-order valence-electron chi connectivity index (χ0n) is 59.7. The molecule has 0 aliphatic carbocycles. The van der Waals surface area contributed by atoms with Crippen LogP contribution in [0, 0.1) is 41.4 Å². The first kappa shape index (κ1) is 85.3. The van der Waals surface area contributed by atoms with Crippen LogP contribution in [0.2, 0.25) is 0 Å². The van der Waals surface area contributed by atoms with Crippen LogP contribution in [0.5, 0.6) is 0 Å². The molecule has 0 aromatic carbocycles. The van der Waals surface area contributed by atoms with Crippen LogP contribution < -0.4 is 31.9 Å². The molecule has 0 rings (SSSR count). The topological polar surface area (TPSA) is 357 Å². The summed E-state index contributed by atoms with van der Waals surface area (Å²) in [7, 11) is 9.79. The summed E-state index contributed by atoms with van der Waals surface area (Å²) in [4.78, 5) is 174. The minimum atomic E-state index is -1.72. The van der Waals surface area contributed by atoms with Crippen LogP contribution in [0.25, 0.3) is 0 Å². The van der Waals surface area contributed by atoms with Gasteiger partial charge in [-0.1, -0.05) is 102 Å². The van der Waals surface area contributed by atoms with Gasteiger partial charge in [-0.05, 0) is 115 Å². The van der Waals surface area contributed by atoms with Crippen molar-refractivity contribution >= 4 is 70.9 Å². The van der Waals surface area contributed by atoms with Crippen LogP contribution in [-0.2, 0) is 57.5 Å². The Balaban J connectivity index is 6.96. The van der Waals surface area contributed by atoms with Gasteiger partial charge in [0.25, 0.3) is 0 Å². The molecule has 0 unspecified atom stereocenters. The molecule has 0 radical (unpaired) electrons. The number of nitrogens with one attached hydrogen (secondary N) is 6. The largest absolute Gasteiger partial charge is 0.480 e. The van der Waals surface area contributed by atoms with Crippen LogP contribution in [0.15, 0.2) is 12.2 Å². The molecule has 0 spiro atoms. The van der Waals surface area contributed by atoms with E-state index in [0.717, 1.165) is 14.7 Å². The number of amides is 11. The first-order valence-electron chi connectivity index (χ1n) is 32.3. The van der Waals surface area contributed by atoms with Crippen molar-refractivity contribution in [1.29, 1.82) is 0 Å². The lowest BCUT2D eigenvalue weighted by Gasteiger charge is -2.40. The summed E-state index contributed by atoms with van der Waals surface area (Å²) in [6.07, 6.45) is 1.51. The number of allylic oxidation sites excluding steroid dienone is 2. The molecule has 92 heavy (non-hydrogen) atoms. The Morgan fingerprint density at radius 3 is 1.22 bits per heavy atom. The molecule has 13 atom stereocenters. The normalized spacial score (nSPS) is 16.0. The fraction of sp³-hybridized carbons (Fsp3) is 0.785. The number of carboxylic acid groups (broad SMARTS) is 1. The number of hydrogen-bond donors (Lipinski definition) is 9. The maximum absolute atomic E-state index is 14.9. The summed E-state index contributed by atoms with van der Waals surface area (Å²) in [6.45, 7) is 28.6. The van der Waals surface area contributed by atoms with Gasteiger partial charge in [0.15, 0.2) is 0 Å². The molecule has 0 saturated heterocycles. The Kier molecular flexibility index (Phi) is 37.4. The quantitative estimate of drug-likeness (QED) is 0.0393. The molecule has 0 aliphatic rings. The lowest BCUT2D eigenvalue weighted by Crippen LogP contribution is -2.64. The lowest BCUT2D eigenvalue weighted by atomic mass is 9.91. The van der Waals surface area contributed by atoms with Crippen LogP contribution in [0.3, 0.4) is 0 Å². The first-order chi connectivity index (χ1) is 42.4. The van der Waals surface area contributed by atoms with E-state index in [9.17, 15) is 72.9 Å². The minimum absolute atomic E-state index is 0.00279. The van der Waals surface area contributed by atoms with Gasteiger partial charge in [0.1, 0.15) is 67.0 Å². The number of hydrogen-bond acceptors (Lipinski definition) is 15. The fourth-order valence-corrected chi connectivity index (χ4v) is 10.8. The summed E-state index contributed by atoms with van der Waals surface area (Å²) >= 11 is 0. The van der Waals surface area contributed by atoms with Crippen molar-refractivity contribution in [3.05, 3.63) is 12.2 Å². The first-order valence-corrected chi connectivity index (χ1v) is 32.3. The molecule has 0 saturated carbocycles. The number of aliphatic carboxylic acids is 1.